The van der Waals surface area contributed by atoms with E-state index in [9.17, 15) is 0 Å². The van der Waals surface area contributed by atoms with Crippen molar-refractivity contribution >= 4 is 22.7 Å². The average molecular weight is 579 g/mol. The molecule has 0 radical (unpaired) electrons. The van der Waals surface area contributed by atoms with Crippen molar-refractivity contribution in [2.24, 2.45) is 0 Å². The van der Waals surface area contributed by atoms with Crippen molar-refractivity contribution in [1.82, 2.24) is 0 Å². The molecule has 4 aromatic rings. The summed E-state index contributed by atoms with van der Waals surface area (Å²) in [5.74, 6) is 3.40. The number of benzene rings is 2. The number of aryl methyl sites for hydroxylation is 2. The molecule has 2 aromatic heterocycles. The van der Waals surface area contributed by atoms with Crippen LogP contribution in [0.3, 0.4) is 0 Å². The van der Waals surface area contributed by atoms with Crippen LogP contribution < -0.4 is 18.9 Å². The van der Waals surface area contributed by atoms with E-state index in [1.807, 2.05) is 22.7 Å². The Morgan fingerprint density at radius 3 is 1.07 bits per heavy atom. The largest absolute Gasteiger partial charge is 0.496 e. The van der Waals surface area contributed by atoms with Gasteiger partial charge in [0.1, 0.15) is 23.0 Å². The van der Waals surface area contributed by atoms with Crippen LogP contribution in [0.2, 0.25) is 0 Å². The molecule has 0 unspecified atom stereocenters. The molecule has 214 valence electrons. The molecule has 2 aromatic carbocycles. The minimum absolute atomic E-state index is 0.0579. The van der Waals surface area contributed by atoms with Crippen LogP contribution >= 0.6 is 22.7 Å². The average Bonchev–Trinajstić information content (AvgIpc) is 3.32. The first-order valence-electron chi connectivity index (χ1n) is 13.8. The Bertz CT molecular complexity index is 1420. The van der Waals surface area contributed by atoms with E-state index in [0.29, 0.717) is 0 Å². The van der Waals surface area contributed by atoms with Gasteiger partial charge in [-0.05, 0) is 127 Å². The van der Waals surface area contributed by atoms with E-state index in [2.05, 4.69) is 93.5 Å². The Morgan fingerprint density at radius 2 is 0.775 bits per heavy atom. The SMILES string of the molecule is COc1cc(C)cc(OC(C)C)c1-c1sc(-c2sc(-c3c(OC)cc(C)cc3OC(C)C)c(C)c2C)c(C)c1C. The van der Waals surface area contributed by atoms with Crippen LogP contribution in [0.25, 0.3) is 30.6 Å². The molecule has 0 aliphatic rings. The zero-order valence-corrected chi connectivity index (χ0v) is 27.5. The molecular weight excluding hydrogens is 537 g/mol. The lowest BCUT2D eigenvalue weighted by Gasteiger charge is -2.18. The molecule has 4 rings (SSSR count). The monoisotopic (exact) mass is 578 g/mol. The van der Waals surface area contributed by atoms with Gasteiger partial charge in [-0.2, -0.15) is 0 Å². The van der Waals surface area contributed by atoms with Gasteiger partial charge in [-0.25, -0.2) is 0 Å². The molecular formula is C34H42O4S2. The van der Waals surface area contributed by atoms with Crippen molar-refractivity contribution in [3.8, 4) is 53.6 Å². The first-order valence-corrected chi connectivity index (χ1v) is 15.4. The van der Waals surface area contributed by atoms with Gasteiger partial charge in [-0.1, -0.05) is 0 Å². The Labute approximate surface area is 247 Å². The molecule has 0 spiro atoms. The van der Waals surface area contributed by atoms with Gasteiger partial charge in [0.15, 0.2) is 0 Å². The van der Waals surface area contributed by atoms with Gasteiger partial charge in [0.25, 0.3) is 0 Å². The number of hydrogen-bond acceptors (Lipinski definition) is 6. The van der Waals surface area contributed by atoms with Crippen LogP contribution in [0.4, 0.5) is 0 Å². The summed E-state index contributed by atoms with van der Waals surface area (Å²) in [6.07, 6.45) is 0.116. The third kappa shape index (κ3) is 5.61. The smallest absolute Gasteiger partial charge is 0.132 e. The van der Waals surface area contributed by atoms with E-state index in [1.165, 1.54) is 41.8 Å². The summed E-state index contributed by atoms with van der Waals surface area (Å²) in [7, 11) is 3.47. The summed E-state index contributed by atoms with van der Waals surface area (Å²) in [5.41, 5.74) is 9.34. The normalized spacial score (nSPS) is 11.4. The van der Waals surface area contributed by atoms with Gasteiger partial charge in [0, 0.05) is 19.5 Å². The van der Waals surface area contributed by atoms with Gasteiger partial charge in [0.05, 0.1) is 37.6 Å². The van der Waals surface area contributed by atoms with Crippen molar-refractivity contribution in [2.45, 2.75) is 81.4 Å². The predicted octanol–water partition coefficient (Wildman–Crippen LogP) is 10.3. The molecule has 6 heteroatoms. The van der Waals surface area contributed by atoms with E-state index in [4.69, 9.17) is 18.9 Å². The topological polar surface area (TPSA) is 36.9 Å². The lowest BCUT2D eigenvalue weighted by Crippen LogP contribution is -2.07. The van der Waals surface area contributed by atoms with E-state index in [-0.39, 0.29) is 12.2 Å². The summed E-state index contributed by atoms with van der Waals surface area (Å²) >= 11 is 3.63. The molecule has 2 heterocycles. The zero-order valence-electron chi connectivity index (χ0n) is 25.9. The highest BCUT2D eigenvalue weighted by molar-refractivity contribution is 7.25. The quantitative estimate of drug-likeness (QED) is 0.198. The maximum atomic E-state index is 6.32. The number of hydrogen-bond donors (Lipinski definition) is 0. The second kappa shape index (κ2) is 11.9. The van der Waals surface area contributed by atoms with Crippen LogP contribution in [-0.2, 0) is 0 Å². The first kappa shape index (κ1) is 30.0. The highest BCUT2D eigenvalue weighted by atomic mass is 32.1. The molecule has 0 aliphatic heterocycles. The lowest BCUT2D eigenvalue weighted by atomic mass is 10.0. The third-order valence-corrected chi connectivity index (χ3v) is 10.1. The van der Waals surface area contributed by atoms with Crippen molar-refractivity contribution in [1.29, 1.82) is 0 Å². The van der Waals surface area contributed by atoms with E-state index >= 15 is 0 Å². The Kier molecular flexibility index (Phi) is 8.91. The fourth-order valence-corrected chi connectivity index (χ4v) is 7.99. The van der Waals surface area contributed by atoms with Crippen LogP contribution in [0, 0.1) is 41.5 Å². The highest BCUT2D eigenvalue weighted by Crippen LogP contribution is 2.54. The minimum Gasteiger partial charge on any atom is -0.496 e. The summed E-state index contributed by atoms with van der Waals surface area (Å²) in [6, 6.07) is 8.42. The maximum Gasteiger partial charge on any atom is 0.132 e. The fourth-order valence-electron chi connectivity index (χ4n) is 5.01. The lowest BCUT2D eigenvalue weighted by molar-refractivity contribution is 0.242. The standard InChI is InChI=1S/C34H42O4S2/c1-17(2)37-27-15-19(5)13-25(35-11)29(27)31-21(7)23(9)33(39-31)34-24(10)22(8)32(40-34)30-26(36-12)14-20(6)16-28(30)38-18(3)4/h13-18H,1-12H3. The summed E-state index contributed by atoms with van der Waals surface area (Å²) in [5, 5.41) is 0. The molecule has 0 amide bonds. The van der Waals surface area contributed by atoms with Crippen molar-refractivity contribution < 1.29 is 18.9 Å². The summed E-state index contributed by atoms with van der Waals surface area (Å²) < 4.78 is 24.4. The van der Waals surface area contributed by atoms with Gasteiger partial charge < -0.3 is 18.9 Å². The summed E-state index contributed by atoms with van der Waals surface area (Å²) in [6.45, 7) is 21.3. The summed E-state index contributed by atoms with van der Waals surface area (Å²) in [4.78, 5) is 4.92. The number of methoxy groups -OCH3 is 2. The molecule has 0 aliphatic carbocycles. The second-order valence-electron chi connectivity index (χ2n) is 11.0. The van der Waals surface area contributed by atoms with Crippen LogP contribution in [0.1, 0.15) is 61.1 Å². The molecule has 4 nitrogen and oxygen atoms in total. The van der Waals surface area contributed by atoms with Crippen molar-refractivity contribution in [3.05, 3.63) is 57.6 Å². The Hall–Kier alpha value is -2.96. The Morgan fingerprint density at radius 1 is 0.475 bits per heavy atom. The molecule has 0 saturated carbocycles. The van der Waals surface area contributed by atoms with E-state index in [1.54, 1.807) is 14.2 Å². The first-order chi connectivity index (χ1) is 18.9. The van der Waals surface area contributed by atoms with Crippen molar-refractivity contribution in [3.63, 3.8) is 0 Å². The van der Waals surface area contributed by atoms with E-state index < -0.39 is 0 Å². The minimum atomic E-state index is 0.0579. The third-order valence-electron chi connectivity index (χ3n) is 7.14. The van der Waals surface area contributed by atoms with Gasteiger partial charge >= 0.3 is 0 Å². The second-order valence-corrected chi connectivity index (χ2v) is 13.1. The molecule has 0 N–H and O–H groups in total. The van der Waals surface area contributed by atoms with Gasteiger partial charge in [-0.15, -0.1) is 22.7 Å². The van der Waals surface area contributed by atoms with Crippen LogP contribution in [0.5, 0.6) is 23.0 Å². The fraction of sp³-hybridized carbons (Fsp3) is 0.412. The highest BCUT2D eigenvalue weighted by Gasteiger charge is 2.27. The van der Waals surface area contributed by atoms with Crippen molar-refractivity contribution in [2.75, 3.05) is 14.2 Å². The van der Waals surface area contributed by atoms with E-state index in [0.717, 1.165) is 45.3 Å². The molecule has 0 bridgehead atoms. The zero-order chi connectivity index (χ0) is 29.5. The molecule has 0 atom stereocenters. The van der Waals surface area contributed by atoms with Gasteiger partial charge in [-0.3, -0.25) is 0 Å². The molecule has 0 fully saturated rings. The van der Waals surface area contributed by atoms with Crippen LogP contribution in [0.15, 0.2) is 24.3 Å². The predicted molar refractivity (Wildman–Crippen MR) is 172 cm³/mol. The maximum absolute atomic E-state index is 6.32. The number of ether oxygens (including phenoxy) is 4. The van der Waals surface area contributed by atoms with Gasteiger partial charge in [0.2, 0.25) is 0 Å². The number of rotatable bonds is 9. The Balaban J connectivity index is 1.95. The molecule has 0 saturated heterocycles. The number of thiophene rings is 2. The van der Waals surface area contributed by atoms with Crippen LogP contribution in [-0.4, -0.2) is 26.4 Å². The molecule has 40 heavy (non-hydrogen) atoms.